The first-order chi connectivity index (χ1) is 14.9. The summed E-state index contributed by atoms with van der Waals surface area (Å²) < 4.78 is 15.4. The van der Waals surface area contributed by atoms with Gasteiger partial charge in [0.05, 0.1) is 11.8 Å². The Morgan fingerprint density at radius 1 is 1.19 bits per heavy atom. The van der Waals surface area contributed by atoms with E-state index in [0.29, 0.717) is 6.42 Å². The maximum Gasteiger partial charge on any atom is 0.307 e. The van der Waals surface area contributed by atoms with E-state index in [4.69, 9.17) is 0 Å². The first kappa shape index (κ1) is 19.8. The van der Waals surface area contributed by atoms with Crippen LogP contribution in [-0.2, 0) is 34.3 Å². The average Bonchev–Trinajstić information content (AvgIpc) is 3.53. The van der Waals surface area contributed by atoms with Gasteiger partial charge in [-0.05, 0) is 66.6 Å². The summed E-state index contributed by atoms with van der Waals surface area (Å²) in [5.74, 6) is -1.03. The van der Waals surface area contributed by atoms with Crippen LogP contribution in [0.2, 0.25) is 0 Å². The number of hydrogen-bond acceptors (Lipinski definition) is 2. The molecule has 0 unspecified atom stereocenters. The Labute approximate surface area is 180 Å². The molecular formula is C25H25FN2O3. The highest BCUT2D eigenvalue weighted by Gasteiger charge is 2.53. The molecule has 0 spiro atoms. The molecule has 2 aliphatic rings. The fraction of sp³-hybridized carbons (Fsp3) is 0.360. The number of aromatic nitrogens is 1. The summed E-state index contributed by atoms with van der Waals surface area (Å²) >= 11 is 0. The number of amides is 1. The second-order valence-electron chi connectivity index (χ2n) is 8.83. The van der Waals surface area contributed by atoms with E-state index in [1.165, 1.54) is 12.1 Å². The molecule has 1 N–H and O–H groups in total. The third-order valence-corrected chi connectivity index (χ3v) is 7.08. The second kappa shape index (κ2) is 7.22. The largest absolute Gasteiger partial charge is 0.481 e. The number of carbonyl (C=O) groups is 2. The van der Waals surface area contributed by atoms with Crippen molar-refractivity contribution in [3.8, 4) is 0 Å². The van der Waals surface area contributed by atoms with Gasteiger partial charge in [0.15, 0.2) is 0 Å². The van der Waals surface area contributed by atoms with Crippen molar-refractivity contribution in [2.45, 2.75) is 50.0 Å². The normalized spacial score (nSPS) is 19.1. The van der Waals surface area contributed by atoms with Crippen molar-refractivity contribution in [1.82, 2.24) is 9.30 Å². The molecule has 6 heteroatoms. The van der Waals surface area contributed by atoms with Crippen LogP contribution in [0.1, 0.15) is 41.6 Å². The van der Waals surface area contributed by atoms with E-state index < -0.39 is 11.4 Å². The molecule has 2 aromatic heterocycles. The summed E-state index contributed by atoms with van der Waals surface area (Å²) in [6.45, 7) is 0. The van der Waals surface area contributed by atoms with E-state index in [1.54, 1.807) is 12.1 Å². The van der Waals surface area contributed by atoms with Crippen LogP contribution in [0.3, 0.4) is 0 Å². The molecular weight excluding hydrogens is 395 g/mol. The summed E-state index contributed by atoms with van der Waals surface area (Å²) in [5, 5.41) is 9.40. The van der Waals surface area contributed by atoms with Crippen molar-refractivity contribution in [2.24, 2.45) is 0 Å². The zero-order valence-corrected chi connectivity index (χ0v) is 17.5. The van der Waals surface area contributed by atoms with Crippen LogP contribution < -0.4 is 0 Å². The van der Waals surface area contributed by atoms with Crippen molar-refractivity contribution in [1.29, 1.82) is 0 Å². The highest BCUT2D eigenvalue weighted by molar-refractivity contribution is 5.91. The van der Waals surface area contributed by atoms with Crippen LogP contribution in [0.4, 0.5) is 4.39 Å². The van der Waals surface area contributed by atoms with Gasteiger partial charge in [-0.25, -0.2) is 4.39 Å². The van der Waals surface area contributed by atoms with Crippen LogP contribution in [0.25, 0.3) is 5.52 Å². The molecule has 1 amide bonds. The third kappa shape index (κ3) is 3.21. The number of benzene rings is 1. The molecule has 1 fully saturated rings. The molecule has 5 nitrogen and oxygen atoms in total. The van der Waals surface area contributed by atoms with Crippen molar-refractivity contribution in [2.75, 3.05) is 7.05 Å². The smallest absolute Gasteiger partial charge is 0.307 e. The molecule has 0 radical (unpaired) electrons. The minimum absolute atomic E-state index is 0.00988. The lowest BCUT2D eigenvalue weighted by atomic mass is 9.87. The van der Waals surface area contributed by atoms with E-state index in [9.17, 15) is 19.1 Å². The number of carboxylic acid groups (broad SMARTS) is 1. The molecule has 1 saturated carbocycles. The topological polar surface area (TPSA) is 62.0 Å². The first-order valence-corrected chi connectivity index (χ1v) is 10.8. The number of nitrogens with zero attached hydrogens (tertiary/aromatic N) is 2. The Balaban J connectivity index is 1.44. The third-order valence-electron chi connectivity index (χ3n) is 7.08. The summed E-state index contributed by atoms with van der Waals surface area (Å²) in [7, 11) is 1.87. The standard InChI is InChI=1S/C25H25FN2O3/c1-27(24(31)25(11-12-25)16-5-7-17(26)8-6-16)18-9-10-19-20(15-23(29)30)21-4-2-3-13-28(21)22(19)14-18/h2-8,13,18H,9-12,14-15H2,1H3,(H,29,30)/t18-/m1/s1. The fourth-order valence-electron chi connectivity index (χ4n) is 5.25. The van der Waals surface area contributed by atoms with E-state index in [0.717, 1.165) is 53.6 Å². The highest BCUT2D eigenvalue weighted by Crippen LogP contribution is 2.50. The van der Waals surface area contributed by atoms with Gasteiger partial charge in [0.25, 0.3) is 0 Å². The van der Waals surface area contributed by atoms with Gasteiger partial charge in [-0.3, -0.25) is 9.59 Å². The van der Waals surface area contributed by atoms with E-state index in [1.807, 2.05) is 36.3 Å². The molecule has 0 bridgehead atoms. The lowest BCUT2D eigenvalue weighted by molar-refractivity contribution is -0.136. The van der Waals surface area contributed by atoms with E-state index in [2.05, 4.69) is 4.40 Å². The van der Waals surface area contributed by atoms with Gasteiger partial charge < -0.3 is 14.4 Å². The van der Waals surface area contributed by atoms with Crippen LogP contribution in [0.5, 0.6) is 0 Å². The zero-order valence-electron chi connectivity index (χ0n) is 17.5. The van der Waals surface area contributed by atoms with Crippen molar-refractivity contribution >= 4 is 17.4 Å². The van der Waals surface area contributed by atoms with Crippen molar-refractivity contribution < 1.29 is 19.1 Å². The van der Waals surface area contributed by atoms with Crippen LogP contribution in [-0.4, -0.2) is 39.4 Å². The minimum Gasteiger partial charge on any atom is -0.481 e. The summed E-state index contributed by atoms with van der Waals surface area (Å²) in [4.78, 5) is 26.8. The second-order valence-corrected chi connectivity index (χ2v) is 8.83. The molecule has 5 rings (SSSR count). The van der Waals surface area contributed by atoms with Gasteiger partial charge in [-0.1, -0.05) is 18.2 Å². The van der Waals surface area contributed by atoms with Gasteiger partial charge >= 0.3 is 5.97 Å². The molecule has 160 valence electrons. The number of carboxylic acids is 1. The van der Waals surface area contributed by atoms with Gasteiger partial charge in [-0.15, -0.1) is 0 Å². The first-order valence-electron chi connectivity index (χ1n) is 10.8. The van der Waals surface area contributed by atoms with Gasteiger partial charge in [0.2, 0.25) is 5.91 Å². The lowest BCUT2D eigenvalue weighted by Crippen LogP contribution is -2.45. The zero-order chi connectivity index (χ0) is 21.8. The van der Waals surface area contributed by atoms with Crippen LogP contribution >= 0.6 is 0 Å². The fourth-order valence-corrected chi connectivity index (χ4v) is 5.25. The monoisotopic (exact) mass is 420 g/mol. The molecule has 3 aromatic rings. The summed E-state index contributed by atoms with van der Waals surface area (Å²) in [6, 6.07) is 12.2. The Morgan fingerprint density at radius 3 is 2.61 bits per heavy atom. The minimum atomic E-state index is -0.830. The number of hydrogen-bond donors (Lipinski definition) is 1. The quantitative estimate of drug-likeness (QED) is 0.684. The summed E-state index contributed by atoms with van der Waals surface area (Å²) in [6.07, 6.45) is 5.82. The Morgan fingerprint density at radius 2 is 1.94 bits per heavy atom. The number of rotatable bonds is 5. The molecule has 31 heavy (non-hydrogen) atoms. The maximum absolute atomic E-state index is 13.5. The number of halogens is 1. The lowest BCUT2D eigenvalue weighted by Gasteiger charge is -2.34. The predicted molar refractivity (Wildman–Crippen MR) is 115 cm³/mol. The number of likely N-dealkylation sites (N-methyl/N-ethyl adjacent to an activating group) is 1. The molecule has 2 heterocycles. The van der Waals surface area contributed by atoms with Gasteiger partial charge in [0, 0.05) is 36.9 Å². The summed E-state index contributed by atoms with van der Waals surface area (Å²) in [5.41, 5.74) is 4.41. The molecule has 0 aliphatic heterocycles. The Bertz CT molecular complexity index is 1180. The van der Waals surface area contributed by atoms with Crippen molar-refractivity contribution in [3.05, 3.63) is 76.9 Å². The SMILES string of the molecule is CN(C(=O)C1(c2ccc(F)cc2)CC1)[C@@H]1CCc2c(CC(=O)O)c3ccccn3c2C1. The highest BCUT2D eigenvalue weighted by atomic mass is 19.1. The average molecular weight is 420 g/mol. The maximum atomic E-state index is 13.5. The molecule has 1 aromatic carbocycles. The number of pyridine rings is 1. The molecule has 0 saturated heterocycles. The van der Waals surface area contributed by atoms with Crippen molar-refractivity contribution in [3.63, 3.8) is 0 Å². The van der Waals surface area contributed by atoms with Crippen LogP contribution in [0, 0.1) is 5.82 Å². The Kier molecular flexibility index (Phi) is 4.61. The van der Waals surface area contributed by atoms with Gasteiger partial charge in [0.1, 0.15) is 5.82 Å². The van der Waals surface area contributed by atoms with Crippen LogP contribution in [0.15, 0.2) is 48.7 Å². The molecule has 1 atom stereocenters. The van der Waals surface area contributed by atoms with Gasteiger partial charge in [-0.2, -0.15) is 0 Å². The predicted octanol–water partition coefficient (Wildman–Crippen LogP) is 3.75. The van der Waals surface area contributed by atoms with E-state index >= 15 is 0 Å². The molecule has 2 aliphatic carbocycles. The number of fused-ring (bicyclic) bond motifs is 3. The number of carbonyl (C=O) groups excluding carboxylic acids is 1. The van der Waals surface area contributed by atoms with E-state index in [-0.39, 0.29) is 24.2 Å². The number of aliphatic carboxylic acids is 1. The Hall–Kier alpha value is -3.15.